The van der Waals surface area contributed by atoms with Crippen LogP contribution in [0.3, 0.4) is 0 Å². The highest BCUT2D eigenvalue weighted by molar-refractivity contribution is 5.54. The van der Waals surface area contributed by atoms with Gasteiger partial charge < -0.3 is 10.1 Å². The Balaban J connectivity index is 2.56. The van der Waals surface area contributed by atoms with Crippen molar-refractivity contribution in [3.63, 3.8) is 0 Å². The molecule has 0 unspecified atom stereocenters. The molecule has 4 nitrogen and oxygen atoms in total. The van der Waals surface area contributed by atoms with Crippen LogP contribution in [0.25, 0.3) is 0 Å². The molecule has 0 atom stereocenters. The number of hydrogen-bond donors (Lipinski definition) is 1. The molecule has 0 amide bonds. The van der Waals surface area contributed by atoms with Gasteiger partial charge in [-0.1, -0.05) is 5.16 Å². The number of hydrogen-bond acceptors (Lipinski definition) is 3. The molecular weight excluding hydrogens is 154 g/mol. The van der Waals surface area contributed by atoms with Crippen molar-refractivity contribution in [2.75, 3.05) is 26.7 Å². The average Bonchev–Trinajstić information content (AvgIpc) is 1.97. The van der Waals surface area contributed by atoms with Gasteiger partial charge in [0.1, 0.15) is 6.34 Å². The minimum absolute atomic E-state index is 0.166. The second-order valence-electron chi connectivity index (χ2n) is 3.94. The summed E-state index contributed by atoms with van der Waals surface area (Å²) in [6.45, 7) is 7.23. The lowest BCUT2D eigenvalue weighted by Crippen LogP contribution is -2.57. The van der Waals surface area contributed by atoms with E-state index in [1.165, 1.54) is 6.34 Å². The normalized spacial score (nSPS) is 25.1. The van der Waals surface area contributed by atoms with E-state index in [9.17, 15) is 0 Å². The molecule has 0 aliphatic carbocycles. The van der Waals surface area contributed by atoms with Crippen LogP contribution in [0, 0.1) is 0 Å². The molecule has 1 saturated heterocycles. The summed E-state index contributed by atoms with van der Waals surface area (Å²) in [4.78, 5) is 4.34. The lowest BCUT2D eigenvalue weighted by Gasteiger charge is -2.44. The SMILES string of the molecule is CN1CCN(/C=N\O)CC1(C)C. The van der Waals surface area contributed by atoms with E-state index in [4.69, 9.17) is 5.21 Å². The quantitative estimate of drug-likeness (QED) is 0.269. The van der Waals surface area contributed by atoms with E-state index in [1.807, 2.05) is 4.90 Å². The van der Waals surface area contributed by atoms with Crippen LogP contribution < -0.4 is 0 Å². The van der Waals surface area contributed by atoms with Crippen molar-refractivity contribution in [2.24, 2.45) is 5.16 Å². The molecule has 1 rings (SSSR count). The average molecular weight is 171 g/mol. The van der Waals surface area contributed by atoms with Crippen LogP contribution >= 0.6 is 0 Å². The first kappa shape index (κ1) is 9.32. The first-order valence-corrected chi connectivity index (χ1v) is 4.19. The summed E-state index contributed by atoms with van der Waals surface area (Å²) in [5, 5.41) is 11.4. The largest absolute Gasteiger partial charge is 0.410 e. The van der Waals surface area contributed by atoms with Gasteiger partial charge in [0.25, 0.3) is 0 Å². The van der Waals surface area contributed by atoms with E-state index in [0.717, 1.165) is 19.6 Å². The molecule has 1 heterocycles. The summed E-state index contributed by atoms with van der Waals surface area (Å²) in [6, 6.07) is 0. The fourth-order valence-corrected chi connectivity index (χ4v) is 1.45. The zero-order valence-corrected chi connectivity index (χ0v) is 7.99. The monoisotopic (exact) mass is 171 g/mol. The molecule has 70 valence electrons. The zero-order chi connectivity index (χ0) is 9.19. The van der Waals surface area contributed by atoms with E-state index in [2.05, 4.69) is 31.0 Å². The number of piperazine rings is 1. The minimum atomic E-state index is 0.166. The van der Waals surface area contributed by atoms with Gasteiger partial charge in [-0.3, -0.25) is 4.90 Å². The van der Waals surface area contributed by atoms with Crippen LogP contribution in [-0.2, 0) is 0 Å². The maximum absolute atomic E-state index is 8.37. The van der Waals surface area contributed by atoms with Gasteiger partial charge in [-0.05, 0) is 20.9 Å². The fourth-order valence-electron chi connectivity index (χ4n) is 1.45. The molecule has 0 spiro atoms. The predicted molar refractivity (Wildman–Crippen MR) is 48.6 cm³/mol. The Morgan fingerprint density at radius 2 is 2.08 bits per heavy atom. The van der Waals surface area contributed by atoms with Gasteiger partial charge in [0.05, 0.1) is 0 Å². The minimum Gasteiger partial charge on any atom is -0.410 e. The molecule has 12 heavy (non-hydrogen) atoms. The molecule has 1 N–H and O–H groups in total. The van der Waals surface area contributed by atoms with Gasteiger partial charge in [-0.15, -0.1) is 0 Å². The first-order chi connectivity index (χ1) is 5.56. The third-order valence-corrected chi connectivity index (χ3v) is 2.56. The number of likely N-dealkylation sites (N-methyl/N-ethyl adjacent to an activating group) is 1. The molecule has 0 aromatic heterocycles. The summed E-state index contributed by atoms with van der Waals surface area (Å²) in [5.74, 6) is 0. The van der Waals surface area contributed by atoms with E-state index >= 15 is 0 Å². The number of rotatable bonds is 1. The van der Waals surface area contributed by atoms with Crippen molar-refractivity contribution in [3.8, 4) is 0 Å². The van der Waals surface area contributed by atoms with Crippen LogP contribution in [0.4, 0.5) is 0 Å². The molecule has 4 heteroatoms. The lowest BCUT2D eigenvalue weighted by atomic mass is 10.0. The molecule has 0 saturated carbocycles. The van der Waals surface area contributed by atoms with Crippen LogP contribution in [0.5, 0.6) is 0 Å². The first-order valence-electron chi connectivity index (χ1n) is 4.19. The lowest BCUT2D eigenvalue weighted by molar-refractivity contribution is 0.0753. The highest BCUT2D eigenvalue weighted by atomic mass is 16.4. The van der Waals surface area contributed by atoms with Crippen molar-refractivity contribution in [1.29, 1.82) is 0 Å². The Morgan fingerprint density at radius 1 is 1.42 bits per heavy atom. The van der Waals surface area contributed by atoms with Crippen LogP contribution in [0.15, 0.2) is 5.16 Å². The van der Waals surface area contributed by atoms with E-state index in [0.29, 0.717) is 0 Å². The molecule has 0 aromatic rings. The van der Waals surface area contributed by atoms with E-state index < -0.39 is 0 Å². The maximum Gasteiger partial charge on any atom is 0.130 e. The molecular formula is C8H17N3O. The van der Waals surface area contributed by atoms with Gasteiger partial charge in [0.15, 0.2) is 0 Å². The van der Waals surface area contributed by atoms with E-state index in [1.54, 1.807) is 0 Å². The van der Waals surface area contributed by atoms with Crippen molar-refractivity contribution >= 4 is 6.34 Å². The highest BCUT2D eigenvalue weighted by Gasteiger charge is 2.29. The molecule has 1 aliphatic heterocycles. The predicted octanol–water partition coefficient (Wildman–Crippen LogP) is 0.430. The Labute approximate surface area is 73.5 Å². The number of nitrogens with zero attached hydrogens (tertiary/aromatic N) is 3. The van der Waals surface area contributed by atoms with Crippen molar-refractivity contribution < 1.29 is 5.21 Å². The van der Waals surface area contributed by atoms with Gasteiger partial charge >= 0.3 is 0 Å². The van der Waals surface area contributed by atoms with Crippen LogP contribution in [0.1, 0.15) is 13.8 Å². The number of oxime groups is 1. The third kappa shape index (κ3) is 1.88. The Morgan fingerprint density at radius 3 is 2.58 bits per heavy atom. The van der Waals surface area contributed by atoms with Crippen LogP contribution in [-0.4, -0.2) is 53.6 Å². The van der Waals surface area contributed by atoms with Crippen molar-refractivity contribution in [3.05, 3.63) is 0 Å². The Bertz CT molecular complexity index is 179. The van der Waals surface area contributed by atoms with Gasteiger partial charge in [-0.2, -0.15) is 0 Å². The Kier molecular flexibility index (Phi) is 2.57. The topological polar surface area (TPSA) is 39.1 Å². The molecule has 1 fully saturated rings. The summed E-state index contributed by atoms with van der Waals surface area (Å²) < 4.78 is 0. The van der Waals surface area contributed by atoms with Gasteiger partial charge in [0, 0.05) is 25.2 Å². The second kappa shape index (κ2) is 3.31. The molecule has 0 aromatic carbocycles. The van der Waals surface area contributed by atoms with Gasteiger partial charge in [0.2, 0.25) is 0 Å². The van der Waals surface area contributed by atoms with Crippen LogP contribution in [0.2, 0.25) is 0 Å². The second-order valence-corrected chi connectivity index (χ2v) is 3.94. The van der Waals surface area contributed by atoms with Crippen molar-refractivity contribution in [2.45, 2.75) is 19.4 Å². The zero-order valence-electron chi connectivity index (χ0n) is 7.99. The van der Waals surface area contributed by atoms with E-state index in [-0.39, 0.29) is 5.54 Å². The Hall–Kier alpha value is -0.770. The van der Waals surface area contributed by atoms with Crippen molar-refractivity contribution in [1.82, 2.24) is 9.80 Å². The molecule has 0 radical (unpaired) electrons. The smallest absolute Gasteiger partial charge is 0.130 e. The molecule has 0 bridgehead atoms. The highest BCUT2D eigenvalue weighted by Crippen LogP contribution is 2.17. The third-order valence-electron chi connectivity index (χ3n) is 2.56. The summed E-state index contributed by atoms with van der Waals surface area (Å²) in [6.07, 6.45) is 1.49. The molecule has 1 aliphatic rings. The maximum atomic E-state index is 8.37. The fraction of sp³-hybridized carbons (Fsp3) is 0.875. The summed E-state index contributed by atoms with van der Waals surface area (Å²) in [5.41, 5.74) is 0.166. The summed E-state index contributed by atoms with van der Waals surface area (Å²) >= 11 is 0. The summed E-state index contributed by atoms with van der Waals surface area (Å²) in [7, 11) is 2.12. The standard InChI is InChI=1S/C8H17N3O/c1-8(2)6-11(7-9-12)5-4-10(8)3/h7,12H,4-6H2,1-3H3/b9-7-. The van der Waals surface area contributed by atoms with Gasteiger partial charge in [-0.25, -0.2) is 0 Å².